The number of ether oxygens (including phenoxy) is 1. The van der Waals surface area contributed by atoms with Gasteiger partial charge in [-0.1, -0.05) is 6.92 Å². The van der Waals surface area contributed by atoms with Gasteiger partial charge in [0.05, 0.1) is 23.6 Å². The first-order valence-electron chi connectivity index (χ1n) is 11.4. The third-order valence-corrected chi connectivity index (χ3v) is 5.95. The molecule has 0 saturated carbocycles. The zero-order chi connectivity index (χ0) is 24.4. The molecule has 2 N–H and O–H groups in total. The third-order valence-electron chi connectivity index (χ3n) is 5.95. The van der Waals surface area contributed by atoms with Gasteiger partial charge >= 0.3 is 6.03 Å². The maximum Gasteiger partial charge on any atom is 0.322 e. The summed E-state index contributed by atoms with van der Waals surface area (Å²) in [7, 11) is 0. The van der Waals surface area contributed by atoms with Crippen molar-refractivity contribution in [3.05, 3.63) is 72.4 Å². The number of urea groups is 1. The maximum absolute atomic E-state index is 13.9. The number of aryl methyl sites for hydroxylation is 1. The Morgan fingerprint density at radius 2 is 1.77 bits per heavy atom. The Morgan fingerprint density at radius 1 is 1.06 bits per heavy atom. The number of fused-ring (bicyclic) bond motifs is 1. The number of piperazine rings is 1. The zero-order valence-corrected chi connectivity index (χ0v) is 19.1. The Balaban J connectivity index is 1.17. The van der Waals surface area contributed by atoms with Crippen LogP contribution in [0.3, 0.4) is 0 Å². The molecule has 8 nitrogen and oxygen atoms in total. The second kappa shape index (κ2) is 9.57. The van der Waals surface area contributed by atoms with Crippen molar-refractivity contribution in [2.45, 2.75) is 13.3 Å². The summed E-state index contributed by atoms with van der Waals surface area (Å²) in [6.45, 7) is 4.32. The number of hydrogen-bond acceptors (Lipinski definition) is 5. The summed E-state index contributed by atoms with van der Waals surface area (Å²) in [5.74, 6) is 0.636. The van der Waals surface area contributed by atoms with E-state index in [0.717, 1.165) is 24.0 Å². The van der Waals surface area contributed by atoms with Crippen LogP contribution in [0.5, 0.6) is 11.5 Å². The largest absolute Gasteiger partial charge is 0.454 e. The van der Waals surface area contributed by atoms with E-state index in [1.165, 1.54) is 12.3 Å². The molecule has 0 spiro atoms. The third kappa shape index (κ3) is 4.86. The molecule has 3 heterocycles. The normalized spacial score (nSPS) is 13.8. The number of carbonyl (C=O) groups is 1. The summed E-state index contributed by atoms with van der Waals surface area (Å²) in [6.07, 6.45) is 5.56. The van der Waals surface area contributed by atoms with Crippen molar-refractivity contribution in [1.82, 2.24) is 19.9 Å². The van der Waals surface area contributed by atoms with Gasteiger partial charge in [-0.25, -0.2) is 23.5 Å². The molecule has 1 aliphatic heterocycles. The molecule has 2 aromatic heterocycles. The van der Waals surface area contributed by atoms with E-state index in [-0.39, 0.29) is 11.5 Å². The average molecular weight is 479 g/mol. The topological polar surface area (TPSA) is 86.4 Å². The molecule has 4 aromatic rings. The van der Waals surface area contributed by atoms with E-state index in [1.807, 2.05) is 31.2 Å². The molecule has 0 bridgehead atoms. The minimum atomic E-state index is -0.701. The van der Waals surface area contributed by atoms with Gasteiger partial charge in [-0.15, -0.1) is 0 Å². The van der Waals surface area contributed by atoms with Crippen molar-refractivity contribution in [3.63, 3.8) is 0 Å². The standard InChI is InChI=1S/C25H24F2N6O2/c1-2-23-28-13-19(14-29-23)35-18-5-3-17(4-6-18)32-7-9-33(10-8-32)25(34)31-22-15-30-24-20(22)11-16(26)12-21(24)27/h3-6,11-15,30H,2,7-10H2,1H3,(H,31,34). The van der Waals surface area contributed by atoms with Crippen molar-refractivity contribution < 1.29 is 18.3 Å². The van der Waals surface area contributed by atoms with Crippen LogP contribution in [0, 0.1) is 11.6 Å². The summed E-state index contributed by atoms with van der Waals surface area (Å²) in [5.41, 5.74) is 1.53. The predicted octanol–water partition coefficient (Wildman–Crippen LogP) is 4.94. The SMILES string of the molecule is CCc1ncc(Oc2ccc(N3CCN(C(=O)Nc4c[nH]c5c(F)cc(F)cc45)CC3)cc2)cn1. The number of aromatic amines is 1. The summed E-state index contributed by atoms with van der Waals surface area (Å²) in [5, 5.41) is 3.05. The van der Waals surface area contributed by atoms with E-state index in [2.05, 4.69) is 25.2 Å². The van der Waals surface area contributed by atoms with E-state index < -0.39 is 11.6 Å². The minimum Gasteiger partial charge on any atom is -0.454 e. The van der Waals surface area contributed by atoms with Gasteiger partial charge in [0.25, 0.3) is 0 Å². The number of rotatable bonds is 5. The highest BCUT2D eigenvalue weighted by atomic mass is 19.1. The smallest absolute Gasteiger partial charge is 0.322 e. The lowest BCUT2D eigenvalue weighted by molar-refractivity contribution is 0.208. The lowest BCUT2D eigenvalue weighted by Crippen LogP contribution is -2.50. The van der Waals surface area contributed by atoms with Crippen LogP contribution in [-0.4, -0.2) is 52.1 Å². The van der Waals surface area contributed by atoms with E-state index in [1.54, 1.807) is 17.3 Å². The van der Waals surface area contributed by atoms with Crippen molar-refractivity contribution in [3.8, 4) is 11.5 Å². The Hall–Kier alpha value is -4.21. The number of nitrogens with zero attached hydrogens (tertiary/aromatic N) is 4. The number of anilines is 2. The Bertz CT molecular complexity index is 1330. The molecule has 1 saturated heterocycles. The summed E-state index contributed by atoms with van der Waals surface area (Å²) in [6, 6.07) is 9.41. The van der Waals surface area contributed by atoms with Gasteiger partial charge in [0.15, 0.2) is 5.75 Å². The number of nitrogens with one attached hydrogen (secondary N) is 2. The number of aromatic nitrogens is 3. The second-order valence-electron chi connectivity index (χ2n) is 8.20. The lowest BCUT2D eigenvalue weighted by Gasteiger charge is -2.36. The highest BCUT2D eigenvalue weighted by Crippen LogP contribution is 2.27. The highest BCUT2D eigenvalue weighted by molar-refractivity contribution is 6.01. The molecule has 1 aliphatic rings. The van der Waals surface area contributed by atoms with Crippen LogP contribution in [0.15, 0.2) is 55.0 Å². The number of hydrogen-bond donors (Lipinski definition) is 2. The van der Waals surface area contributed by atoms with Gasteiger partial charge in [-0.05, 0) is 30.3 Å². The van der Waals surface area contributed by atoms with Crippen LogP contribution >= 0.6 is 0 Å². The number of H-pyrrole nitrogens is 1. The molecule has 0 unspecified atom stereocenters. The average Bonchev–Trinajstić information content (AvgIpc) is 3.27. The molecule has 2 aromatic carbocycles. The number of halogens is 2. The van der Waals surface area contributed by atoms with Crippen LogP contribution in [-0.2, 0) is 6.42 Å². The summed E-state index contributed by atoms with van der Waals surface area (Å²) < 4.78 is 33.3. The second-order valence-corrected chi connectivity index (χ2v) is 8.20. The van der Waals surface area contributed by atoms with Gasteiger partial charge in [-0.3, -0.25) is 0 Å². The van der Waals surface area contributed by atoms with Crippen LogP contribution in [0.25, 0.3) is 10.9 Å². The first kappa shape index (κ1) is 22.6. The monoisotopic (exact) mass is 478 g/mol. The molecule has 2 amide bonds. The molecular formula is C25H24F2N6O2. The fourth-order valence-corrected chi connectivity index (χ4v) is 4.06. The van der Waals surface area contributed by atoms with Gasteiger partial charge in [0.2, 0.25) is 0 Å². The van der Waals surface area contributed by atoms with E-state index in [0.29, 0.717) is 48.8 Å². The van der Waals surface area contributed by atoms with Crippen LogP contribution in [0.2, 0.25) is 0 Å². The Morgan fingerprint density at radius 3 is 2.46 bits per heavy atom. The molecule has 0 aliphatic carbocycles. The van der Waals surface area contributed by atoms with E-state index >= 15 is 0 Å². The van der Waals surface area contributed by atoms with Crippen LogP contribution in [0.1, 0.15) is 12.7 Å². The maximum atomic E-state index is 13.9. The van der Waals surface area contributed by atoms with Gasteiger partial charge in [0, 0.05) is 55.9 Å². The van der Waals surface area contributed by atoms with E-state index in [9.17, 15) is 13.6 Å². The first-order valence-corrected chi connectivity index (χ1v) is 11.4. The Labute approximate surface area is 200 Å². The fraction of sp³-hybridized carbons (Fsp3) is 0.240. The van der Waals surface area contributed by atoms with Crippen LogP contribution < -0.4 is 15.0 Å². The van der Waals surface area contributed by atoms with Gasteiger partial charge < -0.3 is 24.8 Å². The summed E-state index contributed by atoms with van der Waals surface area (Å²) >= 11 is 0. The van der Waals surface area contributed by atoms with Crippen molar-refractivity contribution in [2.75, 3.05) is 36.4 Å². The van der Waals surface area contributed by atoms with Crippen LogP contribution in [0.4, 0.5) is 25.0 Å². The molecule has 10 heteroatoms. The lowest BCUT2D eigenvalue weighted by atomic mass is 10.2. The number of benzene rings is 2. The van der Waals surface area contributed by atoms with Gasteiger partial charge in [0.1, 0.15) is 23.2 Å². The Kier molecular flexibility index (Phi) is 6.17. The molecular weight excluding hydrogens is 454 g/mol. The molecule has 0 radical (unpaired) electrons. The highest BCUT2D eigenvalue weighted by Gasteiger charge is 2.22. The first-order chi connectivity index (χ1) is 17.0. The molecule has 1 fully saturated rings. The minimum absolute atomic E-state index is 0.157. The van der Waals surface area contributed by atoms with E-state index in [4.69, 9.17) is 4.74 Å². The predicted molar refractivity (Wildman–Crippen MR) is 129 cm³/mol. The van der Waals surface area contributed by atoms with Gasteiger partial charge in [-0.2, -0.15) is 0 Å². The van der Waals surface area contributed by atoms with Crippen molar-refractivity contribution >= 4 is 28.3 Å². The van der Waals surface area contributed by atoms with Crippen molar-refractivity contribution in [1.29, 1.82) is 0 Å². The molecule has 180 valence electrons. The molecule has 0 atom stereocenters. The number of carbonyl (C=O) groups excluding carboxylic acids is 1. The quantitative estimate of drug-likeness (QED) is 0.424. The fourth-order valence-electron chi connectivity index (χ4n) is 4.06. The number of amides is 2. The zero-order valence-electron chi connectivity index (χ0n) is 19.1. The molecule has 35 heavy (non-hydrogen) atoms. The van der Waals surface area contributed by atoms with Crippen molar-refractivity contribution in [2.24, 2.45) is 0 Å². The summed E-state index contributed by atoms with van der Waals surface area (Å²) in [4.78, 5) is 27.8. The molecule has 5 rings (SSSR count).